The summed E-state index contributed by atoms with van der Waals surface area (Å²) in [6.07, 6.45) is 5.45. The first kappa shape index (κ1) is 14.9. The van der Waals surface area contributed by atoms with Crippen LogP contribution >= 0.6 is 0 Å². The van der Waals surface area contributed by atoms with E-state index in [0.29, 0.717) is 0 Å². The van der Waals surface area contributed by atoms with Gasteiger partial charge in [-0.05, 0) is 44.8 Å². The molecular formula is C16H26N4. The molecule has 0 saturated heterocycles. The Morgan fingerprint density at radius 2 is 2.20 bits per heavy atom. The summed E-state index contributed by atoms with van der Waals surface area (Å²) >= 11 is 0. The van der Waals surface area contributed by atoms with E-state index < -0.39 is 0 Å². The van der Waals surface area contributed by atoms with Gasteiger partial charge >= 0.3 is 0 Å². The van der Waals surface area contributed by atoms with Crippen LogP contribution in [0.25, 0.3) is 6.08 Å². The van der Waals surface area contributed by atoms with Gasteiger partial charge in [0.05, 0.1) is 0 Å². The second-order valence-electron chi connectivity index (χ2n) is 5.54. The third kappa shape index (κ3) is 3.99. The van der Waals surface area contributed by atoms with Crippen molar-refractivity contribution in [2.75, 3.05) is 45.6 Å². The molecule has 0 unspecified atom stereocenters. The Labute approximate surface area is 122 Å². The Morgan fingerprint density at radius 3 is 2.95 bits per heavy atom. The number of anilines is 1. The van der Waals surface area contributed by atoms with E-state index >= 15 is 0 Å². The molecule has 4 heteroatoms. The van der Waals surface area contributed by atoms with Crippen LogP contribution in [0.5, 0.6) is 0 Å². The average Bonchev–Trinajstić information content (AvgIpc) is 2.44. The third-order valence-electron chi connectivity index (χ3n) is 3.55. The molecule has 2 rings (SSSR count). The first-order valence-electron chi connectivity index (χ1n) is 7.33. The lowest BCUT2D eigenvalue weighted by molar-refractivity contribution is 0.363. The van der Waals surface area contributed by atoms with Gasteiger partial charge in [0.25, 0.3) is 0 Å². The molecule has 0 atom stereocenters. The fourth-order valence-corrected chi connectivity index (χ4v) is 2.42. The Morgan fingerprint density at radius 1 is 1.35 bits per heavy atom. The molecule has 0 saturated carbocycles. The standard InChI is InChI=1S/C16H26N4/c1-19(2)12-9-18-16-6-3-5-14-13-20(10-4-8-17)11-7-15(14)16/h3,5-7,11,18H,4,8-10,12-13,17H2,1-2H3. The van der Waals surface area contributed by atoms with Crippen molar-refractivity contribution in [3.63, 3.8) is 0 Å². The molecule has 1 aromatic carbocycles. The molecule has 1 heterocycles. The smallest absolute Gasteiger partial charge is 0.0430 e. The monoisotopic (exact) mass is 274 g/mol. The second-order valence-corrected chi connectivity index (χ2v) is 5.54. The maximum atomic E-state index is 5.58. The first-order valence-corrected chi connectivity index (χ1v) is 7.33. The van der Waals surface area contributed by atoms with Gasteiger partial charge in [0.2, 0.25) is 0 Å². The highest BCUT2D eigenvalue weighted by atomic mass is 15.1. The van der Waals surface area contributed by atoms with Gasteiger partial charge in [-0.15, -0.1) is 0 Å². The van der Waals surface area contributed by atoms with E-state index in [1.54, 1.807) is 0 Å². The lowest BCUT2D eigenvalue weighted by Gasteiger charge is -2.26. The maximum absolute atomic E-state index is 5.58. The summed E-state index contributed by atoms with van der Waals surface area (Å²) < 4.78 is 0. The predicted octanol–water partition coefficient (Wildman–Crippen LogP) is 1.80. The quantitative estimate of drug-likeness (QED) is 0.796. The third-order valence-corrected chi connectivity index (χ3v) is 3.55. The van der Waals surface area contributed by atoms with Gasteiger partial charge in [0.1, 0.15) is 0 Å². The summed E-state index contributed by atoms with van der Waals surface area (Å²) in [6, 6.07) is 6.51. The number of nitrogens with zero attached hydrogens (tertiary/aromatic N) is 2. The zero-order valence-electron chi connectivity index (χ0n) is 12.6. The number of nitrogens with two attached hydrogens (primary N) is 1. The van der Waals surface area contributed by atoms with Crippen LogP contribution in [-0.2, 0) is 6.54 Å². The number of fused-ring (bicyclic) bond motifs is 1. The van der Waals surface area contributed by atoms with Crippen LogP contribution in [0.2, 0.25) is 0 Å². The lowest BCUT2D eigenvalue weighted by Crippen LogP contribution is -2.24. The highest BCUT2D eigenvalue weighted by molar-refractivity contribution is 5.70. The first-order chi connectivity index (χ1) is 9.70. The summed E-state index contributed by atoms with van der Waals surface area (Å²) in [4.78, 5) is 4.52. The van der Waals surface area contributed by atoms with Crippen molar-refractivity contribution < 1.29 is 0 Å². The molecule has 0 aliphatic carbocycles. The van der Waals surface area contributed by atoms with E-state index in [2.05, 4.69) is 59.7 Å². The van der Waals surface area contributed by atoms with Crippen LogP contribution in [0.4, 0.5) is 5.69 Å². The molecule has 3 N–H and O–H groups in total. The number of likely N-dealkylation sites (N-methyl/N-ethyl adjacent to an activating group) is 1. The van der Waals surface area contributed by atoms with Crippen LogP contribution in [0, 0.1) is 0 Å². The fraction of sp³-hybridized carbons (Fsp3) is 0.500. The maximum Gasteiger partial charge on any atom is 0.0430 e. The van der Waals surface area contributed by atoms with Crippen molar-refractivity contribution in [2.45, 2.75) is 13.0 Å². The predicted molar refractivity (Wildman–Crippen MR) is 86.6 cm³/mol. The van der Waals surface area contributed by atoms with Crippen LogP contribution in [0.15, 0.2) is 24.4 Å². The normalized spacial score (nSPS) is 13.7. The SMILES string of the molecule is CN(C)CCNc1cccc2c1C=CN(CCCN)C2. The molecule has 110 valence electrons. The van der Waals surface area contributed by atoms with Gasteiger partial charge in [-0.2, -0.15) is 0 Å². The summed E-state index contributed by atoms with van der Waals surface area (Å²) in [5, 5.41) is 3.53. The van der Waals surface area contributed by atoms with Gasteiger partial charge in [0, 0.05) is 43.6 Å². The van der Waals surface area contributed by atoms with Crippen molar-refractivity contribution >= 4 is 11.8 Å². The molecule has 0 aromatic heterocycles. The van der Waals surface area contributed by atoms with Crippen molar-refractivity contribution in [3.8, 4) is 0 Å². The molecule has 0 bridgehead atoms. The van der Waals surface area contributed by atoms with E-state index in [4.69, 9.17) is 5.73 Å². The topological polar surface area (TPSA) is 44.5 Å². The minimum atomic E-state index is 0.753. The minimum Gasteiger partial charge on any atom is -0.383 e. The highest BCUT2D eigenvalue weighted by Gasteiger charge is 2.12. The van der Waals surface area contributed by atoms with Gasteiger partial charge in [-0.3, -0.25) is 0 Å². The number of rotatable bonds is 7. The summed E-state index contributed by atoms with van der Waals surface area (Å²) in [6.45, 7) is 4.77. The van der Waals surface area contributed by atoms with Crippen molar-refractivity contribution in [2.24, 2.45) is 5.73 Å². The molecular weight excluding hydrogens is 248 g/mol. The zero-order chi connectivity index (χ0) is 14.4. The minimum absolute atomic E-state index is 0.753. The average molecular weight is 274 g/mol. The number of hydrogen-bond donors (Lipinski definition) is 2. The molecule has 1 aromatic rings. The van der Waals surface area contributed by atoms with E-state index in [-0.39, 0.29) is 0 Å². The Balaban J connectivity index is 2.01. The molecule has 0 amide bonds. The van der Waals surface area contributed by atoms with Crippen LogP contribution in [0.3, 0.4) is 0 Å². The Bertz CT molecular complexity index is 454. The van der Waals surface area contributed by atoms with Crippen molar-refractivity contribution in [3.05, 3.63) is 35.5 Å². The van der Waals surface area contributed by atoms with E-state index in [1.807, 2.05) is 0 Å². The number of nitrogens with one attached hydrogen (secondary N) is 1. The second kappa shape index (κ2) is 7.31. The summed E-state index contributed by atoms with van der Waals surface area (Å²) in [5.41, 5.74) is 9.53. The van der Waals surface area contributed by atoms with E-state index in [0.717, 1.165) is 39.1 Å². The molecule has 0 fully saturated rings. The number of hydrogen-bond acceptors (Lipinski definition) is 4. The van der Waals surface area contributed by atoms with Crippen LogP contribution in [-0.4, -0.2) is 50.1 Å². The number of benzene rings is 1. The van der Waals surface area contributed by atoms with Gasteiger partial charge in [-0.25, -0.2) is 0 Å². The highest BCUT2D eigenvalue weighted by Crippen LogP contribution is 2.26. The van der Waals surface area contributed by atoms with Gasteiger partial charge in [0.15, 0.2) is 0 Å². The van der Waals surface area contributed by atoms with Crippen molar-refractivity contribution in [1.29, 1.82) is 0 Å². The molecule has 20 heavy (non-hydrogen) atoms. The van der Waals surface area contributed by atoms with Crippen LogP contribution < -0.4 is 11.1 Å². The molecule has 4 nitrogen and oxygen atoms in total. The molecule has 0 spiro atoms. The summed E-state index contributed by atoms with van der Waals surface area (Å²) in [5.74, 6) is 0. The largest absolute Gasteiger partial charge is 0.383 e. The Kier molecular flexibility index (Phi) is 5.44. The zero-order valence-corrected chi connectivity index (χ0v) is 12.6. The van der Waals surface area contributed by atoms with E-state index in [1.165, 1.54) is 16.8 Å². The molecule has 1 aliphatic heterocycles. The van der Waals surface area contributed by atoms with Gasteiger partial charge < -0.3 is 20.9 Å². The van der Waals surface area contributed by atoms with Crippen molar-refractivity contribution in [1.82, 2.24) is 9.80 Å². The van der Waals surface area contributed by atoms with E-state index in [9.17, 15) is 0 Å². The van der Waals surface area contributed by atoms with Crippen LogP contribution in [0.1, 0.15) is 17.5 Å². The van der Waals surface area contributed by atoms with Gasteiger partial charge in [-0.1, -0.05) is 12.1 Å². The fourth-order valence-electron chi connectivity index (χ4n) is 2.42. The molecule has 1 aliphatic rings. The Hall–Kier alpha value is -1.52. The molecule has 0 radical (unpaired) electrons. The lowest BCUT2D eigenvalue weighted by atomic mass is 10.0. The summed E-state index contributed by atoms with van der Waals surface area (Å²) in [7, 11) is 4.19.